The molecule has 1 aliphatic heterocycles. The SMILES string of the molecule is CCNC(=O)[C@H](C)CCCc1cc(C)c2c(c1)OC(C)(C)[C@@H]1CC=C(C)C[C@H]21. The predicted octanol–water partition coefficient (Wildman–Crippen LogP) is 5.70. The van der Waals surface area contributed by atoms with Gasteiger partial charge in [-0.15, -0.1) is 0 Å². The Bertz CT molecular complexity index is 762. The number of nitrogens with one attached hydrogen (secondary N) is 1. The molecule has 28 heavy (non-hydrogen) atoms. The summed E-state index contributed by atoms with van der Waals surface area (Å²) in [7, 11) is 0. The lowest BCUT2D eigenvalue weighted by atomic mass is 9.66. The van der Waals surface area contributed by atoms with Gasteiger partial charge in [0.1, 0.15) is 11.4 Å². The Hall–Kier alpha value is -1.77. The van der Waals surface area contributed by atoms with Gasteiger partial charge in [0.05, 0.1) is 0 Å². The minimum Gasteiger partial charge on any atom is -0.487 e. The van der Waals surface area contributed by atoms with E-state index in [0.717, 1.165) is 37.9 Å². The number of rotatable bonds is 6. The molecule has 1 amide bonds. The normalized spacial score (nSPS) is 23.7. The molecule has 1 aliphatic carbocycles. The van der Waals surface area contributed by atoms with Gasteiger partial charge in [0, 0.05) is 23.9 Å². The van der Waals surface area contributed by atoms with E-state index in [1.54, 1.807) is 0 Å². The summed E-state index contributed by atoms with van der Waals surface area (Å²) in [4.78, 5) is 11.9. The highest BCUT2D eigenvalue weighted by Gasteiger charge is 2.45. The Morgan fingerprint density at radius 1 is 1.32 bits per heavy atom. The molecule has 0 spiro atoms. The molecular weight excluding hydrogens is 346 g/mol. The third kappa shape index (κ3) is 4.29. The van der Waals surface area contributed by atoms with Crippen molar-refractivity contribution in [2.75, 3.05) is 6.54 Å². The molecule has 2 aliphatic rings. The highest BCUT2D eigenvalue weighted by molar-refractivity contribution is 5.78. The van der Waals surface area contributed by atoms with E-state index >= 15 is 0 Å². The van der Waals surface area contributed by atoms with Crippen molar-refractivity contribution in [2.45, 2.75) is 85.2 Å². The maximum Gasteiger partial charge on any atom is 0.222 e. The molecule has 1 aromatic carbocycles. The Labute approximate surface area is 170 Å². The molecule has 0 saturated carbocycles. The molecule has 154 valence electrons. The van der Waals surface area contributed by atoms with Crippen molar-refractivity contribution < 1.29 is 9.53 Å². The Kier molecular flexibility index (Phi) is 6.21. The van der Waals surface area contributed by atoms with E-state index in [2.05, 4.69) is 51.2 Å². The molecular formula is C25H37NO2. The van der Waals surface area contributed by atoms with Crippen LogP contribution in [0.1, 0.15) is 82.9 Å². The number of hydrogen-bond acceptors (Lipinski definition) is 2. The molecule has 0 unspecified atom stereocenters. The van der Waals surface area contributed by atoms with Crippen LogP contribution in [0.5, 0.6) is 5.75 Å². The van der Waals surface area contributed by atoms with Gasteiger partial charge < -0.3 is 10.1 Å². The zero-order valence-electron chi connectivity index (χ0n) is 18.5. The van der Waals surface area contributed by atoms with E-state index < -0.39 is 0 Å². The molecule has 3 nitrogen and oxygen atoms in total. The summed E-state index contributed by atoms with van der Waals surface area (Å²) in [6, 6.07) is 4.62. The van der Waals surface area contributed by atoms with Crippen LogP contribution in [0.3, 0.4) is 0 Å². The zero-order valence-corrected chi connectivity index (χ0v) is 18.5. The van der Waals surface area contributed by atoms with Crippen molar-refractivity contribution in [3.05, 3.63) is 40.5 Å². The third-order valence-electron chi connectivity index (χ3n) is 6.69. The van der Waals surface area contributed by atoms with Gasteiger partial charge in [0.2, 0.25) is 5.91 Å². The lowest BCUT2D eigenvalue weighted by molar-refractivity contribution is -0.124. The van der Waals surface area contributed by atoms with Crippen molar-refractivity contribution in [3.8, 4) is 5.75 Å². The molecule has 1 N–H and O–H groups in total. The number of benzene rings is 1. The van der Waals surface area contributed by atoms with E-state index in [9.17, 15) is 4.79 Å². The second kappa shape index (κ2) is 8.31. The smallest absolute Gasteiger partial charge is 0.222 e. The number of carbonyl (C=O) groups is 1. The summed E-state index contributed by atoms with van der Waals surface area (Å²) in [5.41, 5.74) is 5.50. The number of aryl methyl sites for hydroxylation is 2. The van der Waals surface area contributed by atoms with Crippen LogP contribution in [-0.2, 0) is 11.2 Å². The summed E-state index contributed by atoms with van der Waals surface area (Å²) in [5.74, 6) is 2.45. The third-order valence-corrected chi connectivity index (χ3v) is 6.69. The summed E-state index contributed by atoms with van der Waals surface area (Å²) < 4.78 is 6.55. The van der Waals surface area contributed by atoms with Crippen LogP contribution in [0, 0.1) is 18.8 Å². The van der Waals surface area contributed by atoms with Crippen molar-refractivity contribution in [1.29, 1.82) is 0 Å². The number of fused-ring (bicyclic) bond motifs is 3. The first-order chi connectivity index (χ1) is 13.2. The van der Waals surface area contributed by atoms with Crippen LogP contribution in [0.15, 0.2) is 23.8 Å². The lowest BCUT2D eigenvalue weighted by Crippen LogP contribution is -2.45. The van der Waals surface area contributed by atoms with Crippen LogP contribution >= 0.6 is 0 Å². The average molecular weight is 384 g/mol. The summed E-state index contributed by atoms with van der Waals surface area (Å²) in [6.45, 7) is 13.7. The van der Waals surface area contributed by atoms with Gasteiger partial charge in [0.15, 0.2) is 0 Å². The highest BCUT2D eigenvalue weighted by Crippen LogP contribution is 2.52. The Morgan fingerprint density at radius 2 is 2.07 bits per heavy atom. The van der Waals surface area contributed by atoms with E-state index in [1.165, 1.54) is 22.3 Å². The van der Waals surface area contributed by atoms with Crippen LogP contribution < -0.4 is 10.1 Å². The molecule has 3 atom stereocenters. The van der Waals surface area contributed by atoms with Gasteiger partial charge in [-0.1, -0.05) is 24.6 Å². The molecule has 0 bridgehead atoms. The number of amides is 1. The van der Waals surface area contributed by atoms with Crippen LogP contribution in [-0.4, -0.2) is 18.1 Å². The Morgan fingerprint density at radius 3 is 2.79 bits per heavy atom. The first-order valence-corrected chi connectivity index (χ1v) is 11.0. The maximum absolute atomic E-state index is 11.9. The monoisotopic (exact) mass is 383 g/mol. The van der Waals surface area contributed by atoms with E-state index in [0.29, 0.717) is 18.4 Å². The predicted molar refractivity (Wildman–Crippen MR) is 116 cm³/mol. The standard InChI is InChI=1S/C25H37NO2/c1-7-26-24(27)17(3)9-8-10-19-14-18(4)23-20-13-16(2)11-12-21(20)25(5,6)28-22(23)15-19/h11,14-15,17,20-21H,7-10,12-13H2,1-6H3,(H,26,27)/t17-,20+,21-/m1/s1. The second-order valence-corrected chi connectivity index (χ2v) is 9.42. The maximum atomic E-state index is 11.9. The van der Waals surface area contributed by atoms with Gasteiger partial charge in [-0.2, -0.15) is 0 Å². The molecule has 0 saturated heterocycles. The average Bonchev–Trinajstić information content (AvgIpc) is 2.60. The molecule has 1 heterocycles. The van der Waals surface area contributed by atoms with Gasteiger partial charge in [-0.05, 0) is 89.8 Å². The topological polar surface area (TPSA) is 38.3 Å². The van der Waals surface area contributed by atoms with Crippen LogP contribution in [0.4, 0.5) is 0 Å². The van der Waals surface area contributed by atoms with Crippen molar-refractivity contribution in [1.82, 2.24) is 5.32 Å². The molecule has 0 radical (unpaired) electrons. The first kappa shape index (κ1) is 21.0. The fourth-order valence-electron chi connectivity index (χ4n) is 5.13. The fourth-order valence-corrected chi connectivity index (χ4v) is 5.13. The van der Waals surface area contributed by atoms with Gasteiger partial charge in [0.25, 0.3) is 0 Å². The summed E-state index contributed by atoms with van der Waals surface area (Å²) in [6.07, 6.45) is 7.60. The van der Waals surface area contributed by atoms with Crippen LogP contribution in [0.2, 0.25) is 0 Å². The van der Waals surface area contributed by atoms with E-state index in [-0.39, 0.29) is 17.4 Å². The number of hydrogen-bond donors (Lipinski definition) is 1. The fraction of sp³-hybridized carbons (Fsp3) is 0.640. The van der Waals surface area contributed by atoms with Gasteiger partial charge in [-0.3, -0.25) is 4.79 Å². The molecule has 0 aromatic heterocycles. The quantitative estimate of drug-likeness (QED) is 0.640. The van der Waals surface area contributed by atoms with E-state index in [4.69, 9.17) is 4.74 Å². The zero-order chi connectivity index (χ0) is 20.5. The largest absolute Gasteiger partial charge is 0.487 e. The van der Waals surface area contributed by atoms with Crippen molar-refractivity contribution in [2.24, 2.45) is 11.8 Å². The Balaban J connectivity index is 1.75. The van der Waals surface area contributed by atoms with Gasteiger partial charge in [-0.25, -0.2) is 0 Å². The van der Waals surface area contributed by atoms with Crippen LogP contribution in [0.25, 0.3) is 0 Å². The number of allylic oxidation sites excluding steroid dienone is 2. The van der Waals surface area contributed by atoms with Crippen molar-refractivity contribution in [3.63, 3.8) is 0 Å². The minimum atomic E-state index is -0.132. The number of ether oxygens (including phenoxy) is 1. The molecule has 0 fully saturated rings. The minimum absolute atomic E-state index is 0.0756. The molecule has 1 aromatic rings. The summed E-state index contributed by atoms with van der Waals surface area (Å²) in [5, 5.41) is 2.92. The lowest BCUT2D eigenvalue weighted by Gasteiger charge is -2.47. The second-order valence-electron chi connectivity index (χ2n) is 9.42. The van der Waals surface area contributed by atoms with Crippen molar-refractivity contribution >= 4 is 5.91 Å². The highest BCUT2D eigenvalue weighted by atomic mass is 16.5. The van der Waals surface area contributed by atoms with Gasteiger partial charge >= 0.3 is 0 Å². The molecule has 3 heteroatoms. The molecule has 3 rings (SSSR count). The number of carbonyl (C=O) groups excluding carboxylic acids is 1. The summed E-state index contributed by atoms with van der Waals surface area (Å²) >= 11 is 0. The first-order valence-electron chi connectivity index (χ1n) is 11.0. The van der Waals surface area contributed by atoms with E-state index in [1.807, 2.05) is 13.8 Å².